The Hall–Kier alpha value is -3.22. The molecule has 7 nitrogen and oxygen atoms in total. The molecule has 31 heavy (non-hydrogen) atoms. The second-order valence-electron chi connectivity index (χ2n) is 8.45. The monoisotopic (exact) mass is 423 g/mol. The Labute approximate surface area is 183 Å². The molecule has 3 rings (SSSR count). The van der Waals surface area contributed by atoms with Gasteiger partial charge in [-0.05, 0) is 45.7 Å². The Morgan fingerprint density at radius 1 is 1.13 bits per heavy atom. The normalized spacial score (nSPS) is 14.9. The van der Waals surface area contributed by atoms with E-state index in [4.69, 9.17) is 4.74 Å². The standard InChI is InChI=1S/C24H29N3O4/c1-16-11-17(2)13-19(12-16)20-14-24(3,4)27(26-20)22(28)7-6-10-31-21-9-8-18(15-25-21)23(29)30-5/h8-9,11-13,15H,6-7,10,14H2,1-5H3. The average molecular weight is 424 g/mol. The second-order valence-corrected chi connectivity index (χ2v) is 8.45. The number of benzene rings is 1. The Morgan fingerprint density at radius 3 is 2.45 bits per heavy atom. The van der Waals surface area contributed by atoms with E-state index >= 15 is 0 Å². The third kappa shape index (κ3) is 5.48. The van der Waals surface area contributed by atoms with Crippen LogP contribution in [0.2, 0.25) is 0 Å². The van der Waals surface area contributed by atoms with Crippen molar-refractivity contribution in [3.63, 3.8) is 0 Å². The van der Waals surface area contributed by atoms with Crippen molar-refractivity contribution in [3.05, 3.63) is 58.8 Å². The molecule has 2 aromatic rings. The fourth-order valence-electron chi connectivity index (χ4n) is 3.68. The van der Waals surface area contributed by atoms with Gasteiger partial charge in [0.15, 0.2) is 0 Å². The highest BCUT2D eigenvalue weighted by Crippen LogP contribution is 2.30. The molecule has 1 aliphatic heterocycles. The summed E-state index contributed by atoms with van der Waals surface area (Å²) in [5.74, 6) is -0.0719. The first-order valence-electron chi connectivity index (χ1n) is 10.4. The van der Waals surface area contributed by atoms with Gasteiger partial charge >= 0.3 is 5.97 Å². The molecule has 7 heteroatoms. The van der Waals surface area contributed by atoms with Gasteiger partial charge in [-0.1, -0.05) is 29.3 Å². The summed E-state index contributed by atoms with van der Waals surface area (Å²) in [6.07, 6.45) is 2.99. The Morgan fingerprint density at radius 2 is 1.84 bits per heavy atom. The molecule has 0 saturated heterocycles. The first-order chi connectivity index (χ1) is 14.7. The molecule has 0 unspecified atom stereocenters. The molecule has 0 bridgehead atoms. The summed E-state index contributed by atoms with van der Waals surface area (Å²) in [5, 5.41) is 6.28. The van der Waals surface area contributed by atoms with Crippen molar-refractivity contribution in [3.8, 4) is 5.88 Å². The third-order valence-electron chi connectivity index (χ3n) is 5.13. The van der Waals surface area contributed by atoms with Crippen LogP contribution in [0.5, 0.6) is 5.88 Å². The number of hydrazone groups is 1. The summed E-state index contributed by atoms with van der Waals surface area (Å²) in [6.45, 7) is 8.55. The van der Waals surface area contributed by atoms with Gasteiger partial charge in [-0.3, -0.25) is 4.79 Å². The number of ether oxygens (including phenoxy) is 2. The molecule has 164 valence electrons. The van der Waals surface area contributed by atoms with Crippen LogP contribution in [0, 0.1) is 13.8 Å². The third-order valence-corrected chi connectivity index (χ3v) is 5.13. The maximum absolute atomic E-state index is 12.8. The number of nitrogens with zero attached hydrogens (tertiary/aromatic N) is 3. The van der Waals surface area contributed by atoms with Crippen molar-refractivity contribution in [1.82, 2.24) is 9.99 Å². The molecule has 1 aromatic heterocycles. The van der Waals surface area contributed by atoms with Crippen LogP contribution < -0.4 is 4.74 Å². The summed E-state index contributed by atoms with van der Waals surface area (Å²) in [7, 11) is 1.32. The second kappa shape index (κ2) is 9.29. The molecule has 0 fully saturated rings. The number of amides is 1. The van der Waals surface area contributed by atoms with Gasteiger partial charge in [0.25, 0.3) is 0 Å². The number of methoxy groups -OCH3 is 1. The lowest BCUT2D eigenvalue weighted by molar-refractivity contribution is -0.135. The van der Waals surface area contributed by atoms with Crippen LogP contribution in [-0.4, -0.2) is 46.8 Å². The SMILES string of the molecule is COC(=O)c1ccc(OCCCC(=O)N2N=C(c3cc(C)cc(C)c3)CC2(C)C)nc1. The van der Waals surface area contributed by atoms with Gasteiger partial charge in [-0.25, -0.2) is 14.8 Å². The lowest BCUT2D eigenvalue weighted by Gasteiger charge is -2.28. The summed E-state index contributed by atoms with van der Waals surface area (Å²) >= 11 is 0. The van der Waals surface area contributed by atoms with Crippen molar-refractivity contribution < 1.29 is 19.1 Å². The molecular weight excluding hydrogens is 394 g/mol. The van der Waals surface area contributed by atoms with Gasteiger partial charge in [-0.15, -0.1) is 0 Å². The van der Waals surface area contributed by atoms with Crippen LogP contribution in [0.3, 0.4) is 0 Å². The van der Waals surface area contributed by atoms with E-state index in [1.54, 1.807) is 17.1 Å². The van der Waals surface area contributed by atoms with Gasteiger partial charge in [0, 0.05) is 25.1 Å². The van der Waals surface area contributed by atoms with E-state index in [9.17, 15) is 9.59 Å². The van der Waals surface area contributed by atoms with E-state index in [-0.39, 0.29) is 11.4 Å². The number of esters is 1. The molecule has 0 saturated carbocycles. The molecule has 0 atom stereocenters. The number of hydrogen-bond acceptors (Lipinski definition) is 6. The zero-order chi connectivity index (χ0) is 22.6. The van der Waals surface area contributed by atoms with Crippen molar-refractivity contribution in [1.29, 1.82) is 0 Å². The van der Waals surface area contributed by atoms with E-state index in [1.807, 2.05) is 13.8 Å². The number of pyridine rings is 1. The number of carbonyl (C=O) groups is 2. The predicted octanol–water partition coefficient (Wildman–Crippen LogP) is 4.06. The van der Waals surface area contributed by atoms with Crippen LogP contribution >= 0.6 is 0 Å². The maximum Gasteiger partial charge on any atom is 0.339 e. The lowest BCUT2D eigenvalue weighted by Crippen LogP contribution is -2.40. The molecule has 2 heterocycles. The number of aryl methyl sites for hydroxylation is 2. The molecule has 1 aliphatic rings. The highest BCUT2D eigenvalue weighted by molar-refractivity contribution is 6.03. The maximum atomic E-state index is 12.8. The largest absolute Gasteiger partial charge is 0.478 e. The summed E-state index contributed by atoms with van der Waals surface area (Å²) in [6, 6.07) is 9.56. The fraction of sp³-hybridized carbons (Fsp3) is 0.417. The van der Waals surface area contributed by atoms with E-state index in [1.165, 1.54) is 24.4 Å². The molecule has 1 aromatic carbocycles. The predicted molar refractivity (Wildman–Crippen MR) is 118 cm³/mol. The summed E-state index contributed by atoms with van der Waals surface area (Å²) in [4.78, 5) is 28.3. The van der Waals surface area contributed by atoms with Crippen LogP contribution in [0.25, 0.3) is 0 Å². The van der Waals surface area contributed by atoms with Crippen LogP contribution in [0.4, 0.5) is 0 Å². The Kier molecular flexibility index (Phi) is 6.73. The topological polar surface area (TPSA) is 81.1 Å². The molecule has 0 spiro atoms. The zero-order valence-electron chi connectivity index (χ0n) is 18.8. The first-order valence-corrected chi connectivity index (χ1v) is 10.4. The highest BCUT2D eigenvalue weighted by Gasteiger charge is 2.38. The molecule has 1 amide bonds. The van der Waals surface area contributed by atoms with Crippen molar-refractivity contribution in [2.75, 3.05) is 13.7 Å². The quantitative estimate of drug-likeness (QED) is 0.496. The van der Waals surface area contributed by atoms with E-state index in [0.29, 0.717) is 37.3 Å². The van der Waals surface area contributed by atoms with Gasteiger partial charge in [0.1, 0.15) is 0 Å². The first kappa shape index (κ1) is 22.5. The van der Waals surface area contributed by atoms with Crippen molar-refractivity contribution >= 4 is 17.6 Å². The number of hydrogen-bond donors (Lipinski definition) is 0. The van der Waals surface area contributed by atoms with Gasteiger partial charge in [0.05, 0.1) is 30.5 Å². The average Bonchev–Trinajstić information content (AvgIpc) is 3.05. The van der Waals surface area contributed by atoms with Gasteiger partial charge in [-0.2, -0.15) is 5.10 Å². The molecule has 0 N–H and O–H groups in total. The zero-order valence-corrected chi connectivity index (χ0v) is 18.8. The van der Waals surface area contributed by atoms with Crippen molar-refractivity contribution in [2.45, 2.75) is 52.5 Å². The Balaban J connectivity index is 1.55. The highest BCUT2D eigenvalue weighted by atomic mass is 16.5. The molecular formula is C24H29N3O4. The Bertz CT molecular complexity index is 976. The number of carbonyl (C=O) groups excluding carboxylic acids is 2. The minimum atomic E-state index is -0.446. The lowest BCUT2D eigenvalue weighted by atomic mass is 9.93. The van der Waals surface area contributed by atoms with E-state index < -0.39 is 5.97 Å². The number of aromatic nitrogens is 1. The molecule has 0 radical (unpaired) electrons. The van der Waals surface area contributed by atoms with Crippen LogP contribution in [0.15, 0.2) is 41.6 Å². The van der Waals surface area contributed by atoms with E-state index in [2.05, 4.69) is 46.9 Å². The minimum absolute atomic E-state index is 0.0260. The van der Waals surface area contributed by atoms with Crippen molar-refractivity contribution in [2.24, 2.45) is 5.10 Å². The smallest absolute Gasteiger partial charge is 0.339 e. The fourth-order valence-corrected chi connectivity index (χ4v) is 3.68. The summed E-state index contributed by atoms with van der Waals surface area (Å²) < 4.78 is 10.2. The molecule has 0 aliphatic carbocycles. The van der Waals surface area contributed by atoms with Crippen LogP contribution in [-0.2, 0) is 9.53 Å². The minimum Gasteiger partial charge on any atom is -0.478 e. The van der Waals surface area contributed by atoms with Gasteiger partial charge in [0.2, 0.25) is 11.8 Å². The number of rotatable bonds is 7. The van der Waals surface area contributed by atoms with E-state index in [0.717, 1.165) is 11.3 Å². The van der Waals surface area contributed by atoms with Gasteiger partial charge < -0.3 is 9.47 Å². The summed E-state index contributed by atoms with van der Waals surface area (Å²) in [5.41, 5.74) is 4.38. The van der Waals surface area contributed by atoms with Crippen LogP contribution in [0.1, 0.15) is 60.2 Å².